The van der Waals surface area contributed by atoms with Gasteiger partial charge in [0.05, 0.1) is 11.0 Å². The Morgan fingerprint density at radius 3 is 2.71 bits per heavy atom. The first-order valence-corrected chi connectivity index (χ1v) is 7.14. The lowest BCUT2D eigenvalue weighted by Crippen LogP contribution is -2.25. The maximum atomic E-state index is 11.9. The molecule has 4 nitrogen and oxygen atoms in total. The first-order valence-electron chi connectivity index (χ1n) is 5.66. The van der Waals surface area contributed by atoms with Gasteiger partial charge in [-0.1, -0.05) is 12.1 Å². The Bertz CT molecular complexity index is 455. The summed E-state index contributed by atoms with van der Waals surface area (Å²) in [5.41, 5.74) is 0.914. The summed E-state index contributed by atoms with van der Waals surface area (Å²) in [6, 6.07) is 6.78. The maximum absolute atomic E-state index is 11.9. The van der Waals surface area contributed by atoms with Crippen LogP contribution >= 0.6 is 0 Å². The van der Waals surface area contributed by atoms with Crippen molar-refractivity contribution in [1.29, 1.82) is 0 Å². The van der Waals surface area contributed by atoms with Crippen LogP contribution in [0.25, 0.3) is 0 Å². The number of rotatable bonds is 6. The Morgan fingerprint density at radius 2 is 2.12 bits per heavy atom. The van der Waals surface area contributed by atoms with Crippen LogP contribution in [0.4, 0.5) is 0 Å². The molecule has 0 bridgehead atoms. The maximum Gasteiger partial charge on any atom is 0.240 e. The summed E-state index contributed by atoms with van der Waals surface area (Å²) in [4.78, 5) is 0.287. The van der Waals surface area contributed by atoms with Crippen LogP contribution in [0, 0.1) is 6.92 Å². The summed E-state index contributed by atoms with van der Waals surface area (Å²) >= 11 is 0. The second kappa shape index (κ2) is 6.14. The quantitative estimate of drug-likeness (QED) is 0.758. The van der Waals surface area contributed by atoms with Crippen molar-refractivity contribution in [3.8, 4) is 0 Å². The van der Waals surface area contributed by atoms with Gasteiger partial charge in [0, 0.05) is 6.54 Å². The molecule has 0 heterocycles. The van der Waals surface area contributed by atoms with Gasteiger partial charge in [0.2, 0.25) is 10.0 Å². The summed E-state index contributed by atoms with van der Waals surface area (Å²) in [5, 5.41) is 9.06. The summed E-state index contributed by atoms with van der Waals surface area (Å²) in [6.45, 7) is 3.89. The fraction of sp³-hybridized carbons (Fsp3) is 0.500. The largest absolute Gasteiger partial charge is 0.393 e. The molecule has 0 spiro atoms. The smallest absolute Gasteiger partial charge is 0.240 e. The van der Waals surface area contributed by atoms with E-state index in [0.717, 1.165) is 5.56 Å². The van der Waals surface area contributed by atoms with Gasteiger partial charge in [0.1, 0.15) is 0 Å². The zero-order valence-electron chi connectivity index (χ0n) is 10.2. The molecule has 0 aliphatic heterocycles. The van der Waals surface area contributed by atoms with Crippen molar-refractivity contribution < 1.29 is 13.5 Å². The van der Waals surface area contributed by atoms with Crippen LogP contribution in [-0.4, -0.2) is 26.2 Å². The van der Waals surface area contributed by atoms with Crippen LogP contribution in [0.15, 0.2) is 29.2 Å². The van der Waals surface area contributed by atoms with E-state index in [-0.39, 0.29) is 4.90 Å². The summed E-state index contributed by atoms with van der Waals surface area (Å²) in [7, 11) is -3.41. The van der Waals surface area contributed by atoms with Crippen molar-refractivity contribution in [1.82, 2.24) is 4.72 Å². The molecular weight excluding hydrogens is 238 g/mol. The molecule has 0 saturated heterocycles. The number of aliphatic hydroxyl groups is 1. The SMILES string of the molecule is Cc1cccc(S(=O)(=O)NCCCC(C)O)c1. The number of hydrogen-bond acceptors (Lipinski definition) is 3. The van der Waals surface area contributed by atoms with Gasteiger partial charge in [-0.05, 0) is 44.4 Å². The second-order valence-electron chi connectivity index (χ2n) is 4.21. The highest BCUT2D eigenvalue weighted by Crippen LogP contribution is 2.10. The van der Waals surface area contributed by atoms with Crippen molar-refractivity contribution in [2.75, 3.05) is 6.54 Å². The number of nitrogens with one attached hydrogen (secondary N) is 1. The number of sulfonamides is 1. The highest BCUT2D eigenvalue weighted by Gasteiger charge is 2.12. The zero-order chi connectivity index (χ0) is 12.9. The molecule has 5 heteroatoms. The molecule has 0 radical (unpaired) electrons. The number of hydrogen-bond donors (Lipinski definition) is 2. The molecule has 1 aromatic rings. The first-order chi connectivity index (χ1) is 7.92. The summed E-state index contributed by atoms with van der Waals surface area (Å²) in [5.74, 6) is 0. The second-order valence-corrected chi connectivity index (χ2v) is 5.97. The van der Waals surface area contributed by atoms with Crippen LogP contribution < -0.4 is 4.72 Å². The molecule has 1 unspecified atom stereocenters. The Kier molecular flexibility index (Phi) is 5.11. The molecule has 0 aromatic heterocycles. The lowest BCUT2D eigenvalue weighted by atomic mass is 10.2. The topological polar surface area (TPSA) is 66.4 Å². The van der Waals surface area contributed by atoms with Crippen LogP contribution in [-0.2, 0) is 10.0 Å². The minimum atomic E-state index is -3.41. The van der Waals surface area contributed by atoms with E-state index in [1.165, 1.54) is 0 Å². The predicted octanol–water partition coefficient (Wildman–Crippen LogP) is 1.43. The lowest BCUT2D eigenvalue weighted by Gasteiger charge is -2.08. The van der Waals surface area contributed by atoms with Crippen molar-refractivity contribution >= 4 is 10.0 Å². The van der Waals surface area contributed by atoms with Crippen LogP contribution in [0.1, 0.15) is 25.3 Å². The van der Waals surface area contributed by atoms with Gasteiger partial charge in [-0.3, -0.25) is 0 Å². The van der Waals surface area contributed by atoms with Crippen molar-refractivity contribution in [2.45, 2.75) is 37.7 Å². The molecule has 0 saturated carbocycles. The Morgan fingerprint density at radius 1 is 1.41 bits per heavy atom. The van der Waals surface area contributed by atoms with E-state index in [9.17, 15) is 8.42 Å². The van der Waals surface area contributed by atoms with E-state index < -0.39 is 16.1 Å². The van der Waals surface area contributed by atoms with Crippen LogP contribution in [0.3, 0.4) is 0 Å². The van der Waals surface area contributed by atoms with Gasteiger partial charge in [-0.25, -0.2) is 13.1 Å². The van der Waals surface area contributed by atoms with E-state index >= 15 is 0 Å². The van der Waals surface area contributed by atoms with Crippen LogP contribution in [0.2, 0.25) is 0 Å². The number of aryl methyl sites for hydroxylation is 1. The molecule has 1 aromatic carbocycles. The molecule has 17 heavy (non-hydrogen) atoms. The highest BCUT2D eigenvalue weighted by molar-refractivity contribution is 7.89. The average Bonchev–Trinajstić information content (AvgIpc) is 2.24. The third kappa shape index (κ3) is 4.85. The molecule has 0 amide bonds. The minimum absolute atomic E-state index is 0.287. The minimum Gasteiger partial charge on any atom is -0.393 e. The molecule has 0 aliphatic rings. The van der Waals surface area contributed by atoms with E-state index in [2.05, 4.69) is 4.72 Å². The third-order valence-corrected chi connectivity index (χ3v) is 3.85. The summed E-state index contributed by atoms with van der Waals surface area (Å²) < 4.78 is 26.2. The van der Waals surface area contributed by atoms with Gasteiger partial charge in [0.15, 0.2) is 0 Å². The molecule has 1 atom stereocenters. The van der Waals surface area contributed by atoms with Crippen molar-refractivity contribution in [3.05, 3.63) is 29.8 Å². The molecule has 96 valence electrons. The predicted molar refractivity (Wildman–Crippen MR) is 67.3 cm³/mol. The van der Waals surface area contributed by atoms with E-state index in [1.54, 1.807) is 25.1 Å². The standard InChI is InChI=1S/C12H19NO3S/c1-10-5-3-7-12(9-10)17(15,16)13-8-4-6-11(2)14/h3,5,7,9,11,13-14H,4,6,8H2,1-2H3. The fourth-order valence-electron chi connectivity index (χ4n) is 1.47. The number of aliphatic hydroxyl groups excluding tert-OH is 1. The number of benzene rings is 1. The Labute approximate surface area is 103 Å². The fourth-order valence-corrected chi connectivity index (χ4v) is 2.65. The van der Waals surface area contributed by atoms with E-state index in [4.69, 9.17) is 5.11 Å². The van der Waals surface area contributed by atoms with Crippen molar-refractivity contribution in [2.24, 2.45) is 0 Å². The van der Waals surface area contributed by atoms with Gasteiger partial charge in [-0.15, -0.1) is 0 Å². The van der Waals surface area contributed by atoms with Gasteiger partial charge < -0.3 is 5.11 Å². The molecule has 0 aliphatic carbocycles. The first kappa shape index (κ1) is 14.2. The molecule has 1 rings (SSSR count). The van der Waals surface area contributed by atoms with Gasteiger partial charge >= 0.3 is 0 Å². The average molecular weight is 257 g/mol. The Balaban J connectivity index is 2.57. The highest BCUT2D eigenvalue weighted by atomic mass is 32.2. The van der Waals surface area contributed by atoms with Gasteiger partial charge in [-0.2, -0.15) is 0 Å². The normalized spacial score (nSPS) is 13.6. The molecular formula is C12H19NO3S. The Hall–Kier alpha value is -0.910. The van der Waals surface area contributed by atoms with Crippen LogP contribution in [0.5, 0.6) is 0 Å². The van der Waals surface area contributed by atoms with Gasteiger partial charge in [0.25, 0.3) is 0 Å². The zero-order valence-corrected chi connectivity index (χ0v) is 11.0. The van der Waals surface area contributed by atoms with Crippen molar-refractivity contribution in [3.63, 3.8) is 0 Å². The summed E-state index contributed by atoms with van der Waals surface area (Å²) in [6.07, 6.45) is 0.831. The molecule has 0 fully saturated rings. The van der Waals surface area contributed by atoms with E-state index in [0.29, 0.717) is 19.4 Å². The third-order valence-electron chi connectivity index (χ3n) is 2.39. The lowest BCUT2D eigenvalue weighted by molar-refractivity contribution is 0.182. The molecule has 2 N–H and O–H groups in total. The van der Waals surface area contributed by atoms with E-state index in [1.807, 2.05) is 13.0 Å². The monoisotopic (exact) mass is 257 g/mol.